The van der Waals surface area contributed by atoms with E-state index in [0.717, 1.165) is 12.6 Å². The monoisotopic (exact) mass is 332 g/mol. The number of rotatable bonds is 18. The van der Waals surface area contributed by atoms with Gasteiger partial charge in [-0.15, -0.1) is 0 Å². The topological polar surface area (TPSA) is 26.3 Å². The van der Waals surface area contributed by atoms with Crippen LogP contribution in [0.4, 0.5) is 0 Å². The van der Waals surface area contributed by atoms with Gasteiger partial charge in [0, 0.05) is 13.3 Å². The van der Waals surface area contributed by atoms with Crippen LogP contribution in [0.15, 0.2) is 0 Å². The second-order valence-electron chi connectivity index (χ2n) is 6.63. The minimum absolute atomic E-state index is 0.777. The summed E-state index contributed by atoms with van der Waals surface area (Å²) in [6, 6.07) is 0. The Hall–Kier alpha value is 0.190. The molecule has 2 nitrogen and oxygen atoms in total. The van der Waals surface area contributed by atoms with E-state index in [1.165, 1.54) is 96.3 Å². The van der Waals surface area contributed by atoms with Crippen molar-refractivity contribution in [2.75, 3.05) is 13.3 Å². The normalized spacial score (nSPS) is 12.6. The third-order valence-corrected chi connectivity index (χ3v) is 5.68. The zero-order chi connectivity index (χ0) is 16.3. The molecule has 0 bridgehead atoms. The van der Waals surface area contributed by atoms with Crippen molar-refractivity contribution in [2.45, 2.75) is 110 Å². The number of hydrogen-bond acceptors (Lipinski definition) is 2. The third kappa shape index (κ3) is 18.2. The van der Waals surface area contributed by atoms with Gasteiger partial charge in [-0.25, -0.2) is 0 Å². The highest BCUT2D eigenvalue weighted by molar-refractivity contribution is 7.39. The van der Waals surface area contributed by atoms with Crippen molar-refractivity contribution in [3.8, 4) is 0 Å². The Bertz CT molecular complexity index is 231. The third-order valence-electron chi connectivity index (χ3n) is 4.46. The van der Waals surface area contributed by atoms with Gasteiger partial charge in [0.05, 0.1) is 0 Å². The number of unbranched alkanes of at least 4 members (excludes halogenated alkanes) is 15. The number of hydrogen-bond donors (Lipinski definition) is 0. The fourth-order valence-corrected chi connectivity index (χ4v) is 3.66. The summed E-state index contributed by atoms with van der Waals surface area (Å²) >= 11 is 0. The lowest BCUT2D eigenvalue weighted by molar-refractivity contribution is 0.412. The molecule has 22 heavy (non-hydrogen) atoms. The van der Waals surface area contributed by atoms with E-state index in [4.69, 9.17) is 4.52 Å². The van der Waals surface area contributed by atoms with Crippen LogP contribution >= 0.6 is 8.03 Å². The first-order valence-corrected chi connectivity index (χ1v) is 11.4. The predicted octanol–water partition coefficient (Wildman–Crippen LogP) is 7.37. The van der Waals surface area contributed by atoms with Crippen LogP contribution < -0.4 is 0 Å². The van der Waals surface area contributed by atoms with Crippen LogP contribution in [0.3, 0.4) is 0 Å². The van der Waals surface area contributed by atoms with Crippen molar-refractivity contribution in [3.05, 3.63) is 0 Å². The molecule has 0 saturated carbocycles. The molecule has 0 fully saturated rings. The minimum Gasteiger partial charge on any atom is -0.334 e. The average molecular weight is 333 g/mol. The summed E-state index contributed by atoms with van der Waals surface area (Å²) in [5, 5.41) is 0. The van der Waals surface area contributed by atoms with E-state index in [0.29, 0.717) is 0 Å². The minimum atomic E-state index is -1.70. The molecule has 0 heterocycles. The van der Waals surface area contributed by atoms with E-state index in [9.17, 15) is 4.57 Å². The first-order valence-electron chi connectivity index (χ1n) is 9.88. The summed E-state index contributed by atoms with van der Waals surface area (Å²) in [6.07, 6.45) is 22.8. The van der Waals surface area contributed by atoms with Crippen LogP contribution in [0, 0.1) is 0 Å². The molecule has 0 aliphatic rings. The van der Waals surface area contributed by atoms with Crippen molar-refractivity contribution in [2.24, 2.45) is 0 Å². The van der Waals surface area contributed by atoms with E-state index >= 15 is 0 Å². The average Bonchev–Trinajstić information content (AvgIpc) is 2.54. The maximum Gasteiger partial charge on any atom is 0.191 e. The fraction of sp³-hybridized carbons (Fsp3) is 1.00. The highest BCUT2D eigenvalue weighted by atomic mass is 31.1. The Balaban J connectivity index is 2.98. The summed E-state index contributed by atoms with van der Waals surface area (Å²) in [5.74, 6) is 0. The summed E-state index contributed by atoms with van der Waals surface area (Å²) in [7, 11) is -0.148. The Morgan fingerprint density at radius 2 is 0.909 bits per heavy atom. The van der Waals surface area contributed by atoms with Gasteiger partial charge >= 0.3 is 0 Å². The molecule has 0 aromatic rings. The molecule has 0 spiro atoms. The van der Waals surface area contributed by atoms with Gasteiger partial charge in [0.1, 0.15) is 0 Å². The van der Waals surface area contributed by atoms with Crippen molar-refractivity contribution in [1.82, 2.24) is 0 Å². The Morgan fingerprint density at radius 3 is 1.23 bits per heavy atom. The van der Waals surface area contributed by atoms with Crippen LogP contribution in [0.5, 0.6) is 0 Å². The summed E-state index contributed by atoms with van der Waals surface area (Å²) in [5.41, 5.74) is 0. The lowest BCUT2D eigenvalue weighted by atomic mass is 10.0. The van der Waals surface area contributed by atoms with E-state index in [2.05, 4.69) is 6.92 Å². The van der Waals surface area contributed by atoms with Gasteiger partial charge < -0.3 is 4.52 Å². The molecule has 1 unspecified atom stereocenters. The van der Waals surface area contributed by atoms with Gasteiger partial charge in [-0.2, -0.15) is 0 Å². The molecule has 0 aliphatic carbocycles. The molecule has 0 aromatic heterocycles. The van der Waals surface area contributed by atoms with Crippen molar-refractivity contribution in [3.63, 3.8) is 0 Å². The maximum absolute atomic E-state index is 11.1. The smallest absolute Gasteiger partial charge is 0.191 e. The Kier molecular flexibility index (Phi) is 19.4. The predicted molar refractivity (Wildman–Crippen MR) is 100 cm³/mol. The summed E-state index contributed by atoms with van der Waals surface area (Å²) < 4.78 is 15.9. The fourth-order valence-electron chi connectivity index (χ4n) is 2.92. The van der Waals surface area contributed by atoms with Crippen molar-refractivity contribution >= 4 is 8.03 Å². The Morgan fingerprint density at radius 1 is 0.591 bits per heavy atom. The highest BCUT2D eigenvalue weighted by Gasteiger charge is 1.97. The SMILES string of the molecule is CCCCCCCCCCCCCCCCCC[PH](=O)OC. The van der Waals surface area contributed by atoms with Gasteiger partial charge in [0.2, 0.25) is 0 Å². The molecule has 134 valence electrons. The lowest BCUT2D eigenvalue weighted by Gasteiger charge is -2.03. The molecule has 0 aromatic carbocycles. The van der Waals surface area contributed by atoms with Crippen LogP contribution in [0.2, 0.25) is 0 Å². The van der Waals surface area contributed by atoms with Crippen molar-refractivity contribution < 1.29 is 9.09 Å². The Labute approximate surface area is 140 Å². The van der Waals surface area contributed by atoms with E-state index in [-0.39, 0.29) is 0 Å². The quantitative estimate of drug-likeness (QED) is 0.193. The first kappa shape index (κ1) is 22.2. The van der Waals surface area contributed by atoms with E-state index < -0.39 is 8.03 Å². The van der Waals surface area contributed by atoms with Crippen LogP contribution in [-0.2, 0) is 9.09 Å². The molecule has 0 rings (SSSR count). The van der Waals surface area contributed by atoms with Gasteiger partial charge in [0.25, 0.3) is 0 Å². The van der Waals surface area contributed by atoms with Gasteiger partial charge in [-0.3, -0.25) is 4.57 Å². The molecule has 0 N–H and O–H groups in total. The lowest BCUT2D eigenvalue weighted by Crippen LogP contribution is -1.85. The zero-order valence-corrected chi connectivity index (χ0v) is 16.3. The van der Waals surface area contributed by atoms with Crippen molar-refractivity contribution in [1.29, 1.82) is 0 Å². The molecule has 0 saturated heterocycles. The molecular formula is C19H41O2P. The van der Waals surface area contributed by atoms with E-state index in [1.807, 2.05) is 0 Å². The second-order valence-corrected chi connectivity index (χ2v) is 8.28. The molecule has 0 amide bonds. The van der Waals surface area contributed by atoms with Gasteiger partial charge in [0.15, 0.2) is 8.03 Å². The van der Waals surface area contributed by atoms with Crippen LogP contribution in [-0.4, -0.2) is 13.3 Å². The molecule has 0 radical (unpaired) electrons. The second kappa shape index (κ2) is 19.2. The summed E-state index contributed by atoms with van der Waals surface area (Å²) in [4.78, 5) is 0. The molecule has 1 atom stereocenters. The summed E-state index contributed by atoms with van der Waals surface area (Å²) in [6.45, 7) is 2.28. The van der Waals surface area contributed by atoms with Gasteiger partial charge in [-0.1, -0.05) is 103 Å². The standard InChI is InChI=1S/C19H41O2P/c1-3-4-5-6-7-8-9-10-11-12-13-14-15-16-17-18-19-22(20)21-2/h22H,3-19H2,1-2H3. The van der Waals surface area contributed by atoms with Gasteiger partial charge in [-0.05, 0) is 6.42 Å². The first-order chi connectivity index (χ1) is 10.8. The molecule has 3 heteroatoms. The largest absolute Gasteiger partial charge is 0.334 e. The highest BCUT2D eigenvalue weighted by Crippen LogP contribution is 2.22. The maximum atomic E-state index is 11.1. The molecule has 0 aliphatic heterocycles. The van der Waals surface area contributed by atoms with Crippen LogP contribution in [0.1, 0.15) is 110 Å². The zero-order valence-electron chi connectivity index (χ0n) is 15.3. The van der Waals surface area contributed by atoms with E-state index in [1.54, 1.807) is 7.11 Å². The molecular weight excluding hydrogens is 291 g/mol. The van der Waals surface area contributed by atoms with Crippen LogP contribution in [0.25, 0.3) is 0 Å².